The first kappa shape index (κ1) is 9.95. The lowest BCUT2D eigenvalue weighted by molar-refractivity contribution is 1.20. The molecule has 0 spiro atoms. The molecule has 0 radical (unpaired) electrons. The highest BCUT2D eigenvalue weighted by Crippen LogP contribution is 2.22. The Kier molecular flexibility index (Phi) is 2.84. The Morgan fingerprint density at radius 2 is 2.20 bits per heavy atom. The van der Waals surface area contributed by atoms with Gasteiger partial charge in [-0.25, -0.2) is 0 Å². The smallest absolute Gasteiger partial charge is 0.0747 e. The molecule has 0 aliphatic heterocycles. The van der Waals surface area contributed by atoms with Crippen molar-refractivity contribution in [2.24, 2.45) is 0 Å². The van der Waals surface area contributed by atoms with E-state index in [1.54, 1.807) is 6.20 Å². The fourth-order valence-corrected chi connectivity index (χ4v) is 1.90. The molecule has 2 aromatic rings. The first-order chi connectivity index (χ1) is 7.36. The van der Waals surface area contributed by atoms with Gasteiger partial charge in [0.15, 0.2) is 0 Å². The highest BCUT2D eigenvalue weighted by atomic mass is 35.5. The van der Waals surface area contributed by atoms with Crippen LogP contribution < -0.4 is 0 Å². The lowest BCUT2D eigenvalue weighted by Gasteiger charge is -2.06. The summed E-state index contributed by atoms with van der Waals surface area (Å²) in [6.07, 6.45) is 2.09. The number of nitriles is 1. The topological polar surface area (TPSA) is 36.7 Å². The van der Waals surface area contributed by atoms with Crippen LogP contribution in [0, 0.1) is 11.3 Å². The van der Waals surface area contributed by atoms with Crippen molar-refractivity contribution < 1.29 is 0 Å². The van der Waals surface area contributed by atoms with Gasteiger partial charge in [-0.2, -0.15) is 5.26 Å². The van der Waals surface area contributed by atoms with Crippen molar-refractivity contribution in [3.05, 3.63) is 41.6 Å². The number of aromatic nitrogens is 1. The van der Waals surface area contributed by atoms with Crippen LogP contribution in [-0.2, 0) is 12.3 Å². The third-order valence-electron chi connectivity index (χ3n) is 2.38. The van der Waals surface area contributed by atoms with Crippen LogP contribution in [0.4, 0.5) is 0 Å². The molecular formula is C12H9ClN2. The lowest BCUT2D eigenvalue weighted by atomic mass is 10.0. The van der Waals surface area contributed by atoms with Crippen LogP contribution >= 0.6 is 11.6 Å². The maximum absolute atomic E-state index is 8.78. The minimum atomic E-state index is 0.358. The van der Waals surface area contributed by atoms with E-state index >= 15 is 0 Å². The highest BCUT2D eigenvalue weighted by Gasteiger charge is 2.07. The van der Waals surface area contributed by atoms with Crippen molar-refractivity contribution >= 4 is 22.5 Å². The monoisotopic (exact) mass is 216 g/mol. The molecule has 3 heteroatoms. The molecule has 0 atom stereocenters. The van der Waals surface area contributed by atoms with E-state index in [1.165, 1.54) is 0 Å². The highest BCUT2D eigenvalue weighted by molar-refractivity contribution is 6.17. The average Bonchev–Trinajstić information content (AvgIpc) is 2.30. The third kappa shape index (κ3) is 1.79. The Hall–Kier alpha value is -1.59. The number of alkyl halides is 1. The fraction of sp³-hybridized carbons (Fsp3) is 0.167. The summed E-state index contributed by atoms with van der Waals surface area (Å²) in [5.41, 5.74) is 2.83. The van der Waals surface area contributed by atoms with Gasteiger partial charge in [-0.05, 0) is 17.2 Å². The molecule has 0 bridgehead atoms. The summed E-state index contributed by atoms with van der Waals surface area (Å²) in [4.78, 5) is 4.30. The summed E-state index contributed by atoms with van der Waals surface area (Å²) >= 11 is 5.83. The Morgan fingerprint density at radius 3 is 2.93 bits per heavy atom. The average molecular weight is 217 g/mol. The van der Waals surface area contributed by atoms with Gasteiger partial charge in [0.1, 0.15) is 0 Å². The fourth-order valence-electron chi connectivity index (χ4n) is 1.65. The SMILES string of the molecule is N#CCc1c(CCl)ccc2cccnc12. The standard InChI is InChI=1S/C12H9ClN2/c13-8-10-4-3-9-2-1-7-15-12(9)11(10)5-6-14/h1-4,7H,5,8H2. The molecule has 2 nitrogen and oxygen atoms in total. The number of hydrogen-bond acceptors (Lipinski definition) is 2. The van der Waals surface area contributed by atoms with E-state index in [0.29, 0.717) is 12.3 Å². The van der Waals surface area contributed by atoms with E-state index in [2.05, 4.69) is 11.1 Å². The predicted octanol–water partition coefficient (Wildman–Crippen LogP) is 3.04. The number of benzene rings is 1. The van der Waals surface area contributed by atoms with Gasteiger partial charge in [0.25, 0.3) is 0 Å². The van der Waals surface area contributed by atoms with Crippen molar-refractivity contribution in [1.82, 2.24) is 4.98 Å². The van der Waals surface area contributed by atoms with Gasteiger partial charge in [0.2, 0.25) is 0 Å². The zero-order valence-corrected chi connectivity index (χ0v) is 8.83. The Balaban J connectivity index is 2.74. The number of hydrogen-bond donors (Lipinski definition) is 0. The molecular weight excluding hydrogens is 208 g/mol. The zero-order chi connectivity index (χ0) is 10.7. The number of pyridine rings is 1. The molecule has 1 heterocycles. The molecule has 1 aromatic carbocycles. The molecule has 0 aliphatic carbocycles. The van der Waals surface area contributed by atoms with Crippen LogP contribution in [0.25, 0.3) is 10.9 Å². The van der Waals surface area contributed by atoms with Gasteiger partial charge in [-0.3, -0.25) is 4.98 Å². The minimum Gasteiger partial charge on any atom is -0.256 e. The number of rotatable bonds is 2. The molecule has 0 unspecified atom stereocenters. The molecule has 0 N–H and O–H groups in total. The second-order valence-corrected chi connectivity index (χ2v) is 3.51. The first-order valence-electron chi connectivity index (χ1n) is 4.65. The normalized spacial score (nSPS) is 10.1. The van der Waals surface area contributed by atoms with Crippen molar-refractivity contribution in [3.8, 4) is 6.07 Å². The van der Waals surface area contributed by atoms with E-state index in [0.717, 1.165) is 22.0 Å². The number of fused-ring (bicyclic) bond motifs is 1. The van der Waals surface area contributed by atoms with Gasteiger partial charge in [0.05, 0.1) is 18.0 Å². The summed E-state index contributed by atoms with van der Waals surface area (Å²) in [5, 5.41) is 9.83. The van der Waals surface area contributed by atoms with Crippen molar-refractivity contribution in [2.75, 3.05) is 0 Å². The van der Waals surface area contributed by atoms with E-state index in [9.17, 15) is 0 Å². The van der Waals surface area contributed by atoms with Gasteiger partial charge < -0.3 is 0 Å². The van der Waals surface area contributed by atoms with Crippen LogP contribution in [-0.4, -0.2) is 4.98 Å². The van der Waals surface area contributed by atoms with Crippen molar-refractivity contribution in [3.63, 3.8) is 0 Å². The Labute approximate surface area is 93.1 Å². The van der Waals surface area contributed by atoms with Crippen molar-refractivity contribution in [1.29, 1.82) is 5.26 Å². The largest absolute Gasteiger partial charge is 0.256 e. The van der Waals surface area contributed by atoms with Gasteiger partial charge in [-0.1, -0.05) is 18.2 Å². The second kappa shape index (κ2) is 4.29. The Morgan fingerprint density at radius 1 is 1.33 bits per heavy atom. The number of nitrogens with zero attached hydrogens (tertiary/aromatic N) is 2. The minimum absolute atomic E-state index is 0.358. The Bertz CT molecular complexity index is 529. The van der Waals surface area contributed by atoms with Gasteiger partial charge in [-0.15, -0.1) is 11.6 Å². The first-order valence-corrected chi connectivity index (χ1v) is 5.18. The van der Waals surface area contributed by atoms with Crippen LogP contribution in [0.1, 0.15) is 11.1 Å². The summed E-state index contributed by atoms with van der Waals surface area (Å²) in [7, 11) is 0. The maximum atomic E-state index is 8.78. The predicted molar refractivity (Wildman–Crippen MR) is 60.6 cm³/mol. The van der Waals surface area contributed by atoms with Crippen LogP contribution in [0.5, 0.6) is 0 Å². The van der Waals surface area contributed by atoms with Crippen molar-refractivity contribution in [2.45, 2.75) is 12.3 Å². The van der Waals surface area contributed by atoms with E-state index in [-0.39, 0.29) is 0 Å². The lowest BCUT2D eigenvalue weighted by Crippen LogP contribution is -1.94. The molecule has 1 aromatic heterocycles. The summed E-state index contributed by atoms with van der Waals surface area (Å²) < 4.78 is 0. The quantitative estimate of drug-likeness (QED) is 0.724. The van der Waals surface area contributed by atoms with E-state index < -0.39 is 0 Å². The molecule has 0 saturated heterocycles. The van der Waals surface area contributed by atoms with Crippen LogP contribution in [0.3, 0.4) is 0 Å². The summed E-state index contributed by atoms with van der Waals surface area (Å²) in [6, 6.07) is 9.98. The van der Waals surface area contributed by atoms with Crippen LogP contribution in [0.2, 0.25) is 0 Å². The summed E-state index contributed by atoms with van der Waals surface area (Å²) in [5.74, 6) is 0.420. The molecule has 74 valence electrons. The van der Waals surface area contributed by atoms with Crippen LogP contribution in [0.15, 0.2) is 30.5 Å². The molecule has 0 aliphatic rings. The molecule has 0 fully saturated rings. The summed E-state index contributed by atoms with van der Waals surface area (Å²) in [6.45, 7) is 0. The number of halogens is 1. The zero-order valence-electron chi connectivity index (χ0n) is 8.07. The van der Waals surface area contributed by atoms with Gasteiger partial charge >= 0.3 is 0 Å². The van der Waals surface area contributed by atoms with E-state index in [4.69, 9.17) is 16.9 Å². The van der Waals surface area contributed by atoms with Gasteiger partial charge in [0, 0.05) is 17.5 Å². The third-order valence-corrected chi connectivity index (χ3v) is 2.66. The molecule has 0 saturated carbocycles. The second-order valence-electron chi connectivity index (χ2n) is 3.25. The van der Waals surface area contributed by atoms with E-state index in [1.807, 2.05) is 24.3 Å². The molecule has 2 rings (SSSR count). The molecule has 0 amide bonds. The maximum Gasteiger partial charge on any atom is 0.0747 e. The molecule has 15 heavy (non-hydrogen) atoms.